The van der Waals surface area contributed by atoms with Gasteiger partial charge in [0.1, 0.15) is 5.75 Å². The molecule has 0 radical (unpaired) electrons. The number of aryl methyl sites for hydroxylation is 1. The highest BCUT2D eigenvalue weighted by Crippen LogP contribution is 2.23. The summed E-state index contributed by atoms with van der Waals surface area (Å²) < 4.78 is 5.63. The summed E-state index contributed by atoms with van der Waals surface area (Å²) >= 11 is 0. The minimum absolute atomic E-state index is 0.759. The lowest BCUT2D eigenvalue weighted by molar-refractivity contribution is 0.317. The molecule has 0 bridgehead atoms. The molecule has 0 spiro atoms. The van der Waals surface area contributed by atoms with Crippen molar-refractivity contribution < 1.29 is 4.74 Å². The molecule has 2 aromatic rings. The maximum atomic E-state index is 5.63. The fourth-order valence-electron chi connectivity index (χ4n) is 1.70. The number of nitrogens with zero attached hydrogens (tertiary/aromatic N) is 1. The lowest BCUT2D eigenvalue weighted by Crippen LogP contribution is -1.94. The van der Waals surface area contributed by atoms with Crippen LogP contribution in [0.5, 0.6) is 5.75 Å². The number of ether oxygens (including phenoxy) is 1. The van der Waals surface area contributed by atoms with Crippen LogP contribution in [0.4, 0.5) is 0 Å². The van der Waals surface area contributed by atoms with E-state index in [0.29, 0.717) is 0 Å². The van der Waals surface area contributed by atoms with Gasteiger partial charge in [-0.15, -0.1) is 0 Å². The normalized spacial score (nSPS) is 10.2. The average Bonchev–Trinajstić information content (AvgIpc) is 2.37. The molecular formula is C15H17NO. The zero-order chi connectivity index (χ0) is 12.1. The Hall–Kier alpha value is -1.83. The number of pyridine rings is 1. The highest BCUT2D eigenvalue weighted by atomic mass is 16.5. The van der Waals surface area contributed by atoms with Crippen LogP contribution in [0.25, 0.3) is 11.1 Å². The van der Waals surface area contributed by atoms with Gasteiger partial charge in [0.15, 0.2) is 0 Å². The van der Waals surface area contributed by atoms with Gasteiger partial charge in [-0.1, -0.05) is 19.1 Å². The van der Waals surface area contributed by atoms with Crippen molar-refractivity contribution in [3.8, 4) is 16.9 Å². The quantitative estimate of drug-likeness (QED) is 0.791. The van der Waals surface area contributed by atoms with E-state index < -0.39 is 0 Å². The van der Waals surface area contributed by atoms with Crippen LogP contribution < -0.4 is 4.74 Å². The number of hydrogen-bond acceptors (Lipinski definition) is 2. The minimum atomic E-state index is 0.759. The van der Waals surface area contributed by atoms with E-state index in [1.165, 1.54) is 5.56 Å². The molecular weight excluding hydrogens is 210 g/mol. The summed E-state index contributed by atoms with van der Waals surface area (Å²) in [7, 11) is 0. The predicted octanol–water partition coefficient (Wildman–Crippen LogP) is 3.85. The molecule has 88 valence electrons. The standard InChI is InChI=1S/C15H17NO/c1-3-7-17-15-6-4-5-13(9-15)14-8-12(2)10-16-11-14/h4-6,8-11H,3,7H2,1-2H3. The Morgan fingerprint density at radius 1 is 1.12 bits per heavy atom. The van der Waals surface area contributed by atoms with Gasteiger partial charge in [0, 0.05) is 18.0 Å². The maximum Gasteiger partial charge on any atom is 0.119 e. The monoisotopic (exact) mass is 227 g/mol. The van der Waals surface area contributed by atoms with Crippen LogP contribution in [0.3, 0.4) is 0 Å². The molecule has 0 atom stereocenters. The molecule has 2 rings (SSSR count). The van der Waals surface area contributed by atoms with Gasteiger partial charge >= 0.3 is 0 Å². The highest BCUT2D eigenvalue weighted by Gasteiger charge is 2.00. The Morgan fingerprint density at radius 2 is 2.00 bits per heavy atom. The number of benzene rings is 1. The number of rotatable bonds is 4. The molecule has 2 heteroatoms. The fraction of sp³-hybridized carbons (Fsp3) is 0.267. The maximum absolute atomic E-state index is 5.63. The van der Waals surface area contributed by atoms with Gasteiger partial charge in [-0.3, -0.25) is 4.98 Å². The smallest absolute Gasteiger partial charge is 0.119 e. The van der Waals surface area contributed by atoms with Crippen molar-refractivity contribution in [2.45, 2.75) is 20.3 Å². The molecule has 1 heterocycles. The van der Waals surface area contributed by atoms with Crippen molar-refractivity contribution in [2.24, 2.45) is 0 Å². The van der Waals surface area contributed by atoms with Crippen LogP contribution >= 0.6 is 0 Å². The largest absolute Gasteiger partial charge is 0.494 e. The second-order valence-electron chi connectivity index (χ2n) is 4.13. The zero-order valence-electron chi connectivity index (χ0n) is 10.3. The van der Waals surface area contributed by atoms with Crippen LogP contribution in [-0.4, -0.2) is 11.6 Å². The first-order chi connectivity index (χ1) is 8.29. The van der Waals surface area contributed by atoms with Gasteiger partial charge in [-0.05, 0) is 42.7 Å². The first kappa shape index (κ1) is 11.6. The molecule has 0 amide bonds. The van der Waals surface area contributed by atoms with Crippen LogP contribution in [0, 0.1) is 6.92 Å². The van der Waals surface area contributed by atoms with E-state index in [4.69, 9.17) is 4.74 Å². The lowest BCUT2D eigenvalue weighted by atomic mass is 10.1. The summed E-state index contributed by atoms with van der Waals surface area (Å²) in [6.07, 6.45) is 4.77. The average molecular weight is 227 g/mol. The van der Waals surface area contributed by atoms with E-state index >= 15 is 0 Å². The van der Waals surface area contributed by atoms with Crippen LogP contribution in [-0.2, 0) is 0 Å². The molecule has 2 nitrogen and oxygen atoms in total. The van der Waals surface area contributed by atoms with E-state index in [2.05, 4.69) is 30.1 Å². The summed E-state index contributed by atoms with van der Waals surface area (Å²) in [4.78, 5) is 4.21. The predicted molar refractivity (Wildman–Crippen MR) is 70.2 cm³/mol. The van der Waals surface area contributed by atoms with Crippen molar-refractivity contribution in [1.29, 1.82) is 0 Å². The zero-order valence-corrected chi connectivity index (χ0v) is 10.3. The molecule has 0 aliphatic carbocycles. The van der Waals surface area contributed by atoms with Crippen molar-refractivity contribution in [1.82, 2.24) is 4.98 Å². The summed E-state index contributed by atoms with van der Waals surface area (Å²) in [6, 6.07) is 10.3. The summed E-state index contributed by atoms with van der Waals surface area (Å²) in [5.74, 6) is 0.922. The Balaban J connectivity index is 2.26. The van der Waals surface area contributed by atoms with Crippen LogP contribution in [0.15, 0.2) is 42.7 Å². The molecule has 1 aromatic heterocycles. The topological polar surface area (TPSA) is 22.1 Å². The first-order valence-electron chi connectivity index (χ1n) is 5.94. The summed E-state index contributed by atoms with van der Waals surface area (Å²) in [5.41, 5.74) is 3.45. The summed E-state index contributed by atoms with van der Waals surface area (Å²) in [6.45, 7) is 4.91. The van der Waals surface area contributed by atoms with Gasteiger partial charge in [0.25, 0.3) is 0 Å². The molecule has 0 aliphatic heterocycles. The third-order valence-electron chi connectivity index (χ3n) is 2.52. The van der Waals surface area contributed by atoms with Gasteiger partial charge in [0.05, 0.1) is 6.61 Å². The van der Waals surface area contributed by atoms with Crippen molar-refractivity contribution in [3.05, 3.63) is 48.3 Å². The molecule has 0 fully saturated rings. The third kappa shape index (κ3) is 3.06. The number of aromatic nitrogens is 1. The molecule has 0 saturated heterocycles. The Bertz CT molecular complexity index is 494. The van der Waals surface area contributed by atoms with Gasteiger partial charge in [-0.2, -0.15) is 0 Å². The van der Waals surface area contributed by atoms with Crippen molar-refractivity contribution >= 4 is 0 Å². The van der Waals surface area contributed by atoms with E-state index in [-0.39, 0.29) is 0 Å². The minimum Gasteiger partial charge on any atom is -0.494 e. The third-order valence-corrected chi connectivity index (χ3v) is 2.52. The van der Waals surface area contributed by atoms with Crippen LogP contribution in [0.1, 0.15) is 18.9 Å². The second kappa shape index (κ2) is 5.48. The van der Waals surface area contributed by atoms with Crippen molar-refractivity contribution in [2.75, 3.05) is 6.61 Å². The highest BCUT2D eigenvalue weighted by molar-refractivity contribution is 5.64. The Morgan fingerprint density at radius 3 is 2.76 bits per heavy atom. The molecule has 17 heavy (non-hydrogen) atoms. The van der Waals surface area contributed by atoms with Crippen molar-refractivity contribution in [3.63, 3.8) is 0 Å². The SMILES string of the molecule is CCCOc1cccc(-c2cncc(C)c2)c1. The van der Waals surface area contributed by atoms with E-state index in [1.807, 2.05) is 31.5 Å². The van der Waals surface area contributed by atoms with E-state index in [0.717, 1.165) is 29.9 Å². The molecule has 0 unspecified atom stereocenters. The van der Waals surface area contributed by atoms with Gasteiger partial charge < -0.3 is 4.74 Å². The fourth-order valence-corrected chi connectivity index (χ4v) is 1.70. The Labute approximate surface area is 102 Å². The molecule has 1 aromatic carbocycles. The van der Waals surface area contributed by atoms with E-state index in [1.54, 1.807) is 0 Å². The second-order valence-corrected chi connectivity index (χ2v) is 4.13. The molecule has 0 N–H and O–H groups in total. The Kier molecular flexibility index (Phi) is 3.76. The van der Waals surface area contributed by atoms with Crippen LogP contribution in [0.2, 0.25) is 0 Å². The summed E-state index contributed by atoms with van der Waals surface area (Å²) in [5, 5.41) is 0. The lowest BCUT2D eigenvalue weighted by Gasteiger charge is -2.07. The van der Waals surface area contributed by atoms with Gasteiger partial charge in [-0.25, -0.2) is 0 Å². The van der Waals surface area contributed by atoms with E-state index in [9.17, 15) is 0 Å². The van der Waals surface area contributed by atoms with Gasteiger partial charge in [0.2, 0.25) is 0 Å². The number of hydrogen-bond donors (Lipinski definition) is 0. The first-order valence-corrected chi connectivity index (χ1v) is 5.94. The molecule has 0 saturated carbocycles. The molecule has 0 aliphatic rings.